The molecule has 1 aliphatic carbocycles. The molecule has 2 aromatic heterocycles. The van der Waals surface area contributed by atoms with Gasteiger partial charge in [0.1, 0.15) is 22.5 Å². The second-order valence-corrected chi connectivity index (χ2v) is 10.0. The Morgan fingerprint density at radius 2 is 1.91 bits per heavy atom. The molecule has 1 aliphatic rings. The number of hydrogen-bond acceptors (Lipinski definition) is 6. The lowest BCUT2D eigenvalue weighted by Crippen LogP contribution is -2.16. The molecule has 1 fully saturated rings. The number of carbonyl (C=O) groups is 1. The number of nitrogens with zero attached hydrogens (tertiary/aromatic N) is 1. The van der Waals surface area contributed by atoms with E-state index in [4.69, 9.17) is 10.5 Å². The number of nitrogens with two attached hydrogens (primary N) is 1. The molecule has 0 saturated heterocycles. The first kappa shape index (κ1) is 24.3. The Hall–Kier alpha value is -2.88. The van der Waals surface area contributed by atoms with Crippen LogP contribution in [-0.4, -0.2) is 22.1 Å². The smallest absolute Gasteiger partial charge is 0.251 e. The van der Waals surface area contributed by atoms with Crippen LogP contribution in [0.2, 0.25) is 0 Å². The summed E-state index contributed by atoms with van der Waals surface area (Å²) in [6, 6.07) is 8.92. The number of ether oxygens (including phenoxy) is 1. The van der Waals surface area contributed by atoms with Gasteiger partial charge in [-0.25, -0.2) is 13.8 Å². The third-order valence-corrected chi connectivity index (χ3v) is 6.88. The van der Waals surface area contributed by atoms with E-state index in [2.05, 4.69) is 10.3 Å². The quantitative estimate of drug-likeness (QED) is 0.383. The number of aliphatic hydroxyl groups is 1. The molecule has 34 heavy (non-hydrogen) atoms. The monoisotopic (exact) mass is 487 g/mol. The number of anilines is 2. The minimum Gasteiger partial charge on any atom is -0.386 e. The lowest BCUT2D eigenvalue weighted by Gasteiger charge is -2.18. The summed E-state index contributed by atoms with van der Waals surface area (Å²) in [5, 5.41) is 13.5. The maximum Gasteiger partial charge on any atom is 0.251 e. The van der Waals surface area contributed by atoms with E-state index < -0.39 is 23.1 Å². The molecular formula is C25H27F2N3O3S. The first-order valence-corrected chi connectivity index (χ1v) is 11.9. The van der Waals surface area contributed by atoms with Crippen molar-refractivity contribution in [3.8, 4) is 10.4 Å². The van der Waals surface area contributed by atoms with Gasteiger partial charge in [0.25, 0.3) is 5.91 Å². The summed E-state index contributed by atoms with van der Waals surface area (Å²) >= 11 is 0.991. The largest absolute Gasteiger partial charge is 0.386 e. The van der Waals surface area contributed by atoms with Gasteiger partial charge in [-0.3, -0.25) is 4.79 Å². The summed E-state index contributed by atoms with van der Waals surface area (Å²) in [6.45, 7) is 3.26. The normalized spacial score (nSPS) is 14.5. The number of amides is 1. The highest BCUT2D eigenvalue weighted by molar-refractivity contribution is 7.20. The molecule has 0 unspecified atom stereocenters. The van der Waals surface area contributed by atoms with Crippen molar-refractivity contribution < 1.29 is 23.4 Å². The Morgan fingerprint density at radius 1 is 1.24 bits per heavy atom. The second-order valence-electron chi connectivity index (χ2n) is 8.95. The summed E-state index contributed by atoms with van der Waals surface area (Å²) in [4.78, 5) is 16.8. The zero-order valence-corrected chi connectivity index (χ0v) is 19.8. The van der Waals surface area contributed by atoms with E-state index in [-0.39, 0.29) is 27.7 Å². The van der Waals surface area contributed by atoms with Crippen molar-refractivity contribution in [2.24, 2.45) is 5.73 Å². The Labute approximate surface area is 200 Å². The van der Waals surface area contributed by atoms with Crippen LogP contribution in [0.5, 0.6) is 0 Å². The molecule has 1 saturated carbocycles. The number of halogens is 2. The van der Waals surface area contributed by atoms with Crippen molar-refractivity contribution in [2.75, 3.05) is 5.32 Å². The fourth-order valence-electron chi connectivity index (χ4n) is 3.96. The van der Waals surface area contributed by atoms with Crippen LogP contribution in [0, 0.1) is 11.6 Å². The van der Waals surface area contributed by atoms with E-state index >= 15 is 0 Å². The minimum absolute atomic E-state index is 0.0970. The number of nitrogens with one attached hydrogen (secondary N) is 1. The van der Waals surface area contributed by atoms with E-state index in [1.54, 1.807) is 6.07 Å². The maximum absolute atomic E-state index is 14.9. The van der Waals surface area contributed by atoms with Crippen LogP contribution in [-0.2, 0) is 16.9 Å². The van der Waals surface area contributed by atoms with Gasteiger partial charge in [0.05, 0.1) is 35.1 Å². The standard InChI is InChI=1S/C25H27F2N3O3S/c1-25(2,32)14-10-18(26)22(19(27)11-14)20-12-17(23(28)31)24(34-20)30-21-9-5-6-15(29-21)13-33-16-7-3-4-8-16/h5-6,9-12,16,32H,3-4,7-8,13H2,1-2H3,(H2,28,31)(H,29,30). The minimum atomic E-state index is -1.40. The first-order valence-electron chi connectivity index (χ1n) is 11.1. The highest BCUT2D eigenvalue weighted by Gasteiger charge is 2.24. The number of rotatable bonds is 8. The zero-order valence-electron chi connectivity index (χ0n) is 19.0. The summed E-state index contributed by atoms with van der Waals surface area (Å²) in [6.07, 6.45) is 4.73. The van der Waals surface area contributed by atoms with Gasteiger partial charge in [0, 0.05) is 4.88 Å². The zero-order chi connectivity index (χ0) is 24.5. The molecule has 0 aliphatic heterocycles. The molecule has 4 rings (SSSR count). The highest BCUT2D eigenvalue weighted by atomic mass is 32.1. The van der Waals surface area contributed by atoms with E-state index in [0.29, 0.717) is 17.4 Å². The number of primary amides is 1. The van der Waals surface area contributed by atoms with Crippen molar-refractivity contribution in [1.29, 1.82) is 0 Å². The average molecular weight is 488 g/mol. The first-order chi connectivity index (χ1) is 16.1. The summed E-state index contributed by atoms with van der Waals surface area (Å²) < 4.78 is 35.6. The van der Waals surface area contributed by atoms with Gasteiger partial charge in [-0.05, 0) is 62.6 Å². The van der Waals surface area contributed by atoms with Crippen LogP contribution in [0.3, 0.4) is 0 Å². The van der Waals surface area contributed by atoms with Crippen molar-refractivity contribution in [3.05, 3.63) is 64.9 Å². The van der Waals surface area contributed by atoms with Crippen molar-refractivity contribution in [2.45, 2.75) is 57.8 Å². The van der Waals surface area contributed by atoms with Gasteiger partial charge in [-0.15, -0.1) is 11.3 Å². The fraction of sp³-hybridized carbons (Fsp3) is 0.360. The van der Waals surface area contributed by atoms with E-state index in [0.717, 1.165) is 42.0 Å². The van der Waals surface area contributed by atoms with Gasteiger partial charge >= 0.3 is 0 Å². The third kappa shape index (κ3) is 5.43. The molecule has 6 nitrogen and oxygen atoms in total. The molecule has 1 aromatic carbocycles. The van der Waals surface area contributed by atoms with Crippen molar-refractivity contribution in [3.63, 3.8) is 0 Å². The molecule has 0 radical (unpaired) electrons. The van der Waals surface area contributed by atoms with Gasteiger partial charge < -0.3 is 20.9 Å². The second kappa shape index (κ2) is 9.77. The maximum atomic E-state index is 14.9. The summed E-state index contributed by atoms with van der Waals surface area (Å²) in [7, 11) is 0. The predicted octanol–water partition coefficient (Wildman–Crippen LogP) is 5.62. The Balaban J connectivity index is 1.60. The summed E-state index contributed by atoms with van der Waals surface area (Å²) in [5.74, 6) is -1.96. The van der Waals surface area contributed by atoms with Gasteiger partial charge in [0.15, 0.2) is 0 Å². The van der Waals surface area contributed by atoms with Gasteiger partial charge in [-0.1, -0.05) is 18.9 Å². The molecule has 0 atom stereocenters. The number of benzene rings is 1. The third-order valence-electron chi connectivity index (χ3n) is 5.81. The number of pyridine rings is 1. The number of carbonyl (C=O) groups excluding carboxylic acids is 1. The predicted molar refractivity (Wildman–Crippen MR) is 128 cm³/mol. The molecule has 1 amide bonds. The van der Waals surface area contributed by atoms with E-state index in [9.17, 15) is 18.7 Å². The fourth-order valence-corrected chi connectivity index (χ4v) is 5.07. The number of hydrogen-bond donors (Lipinski definition) is 3. The van der Waals surface area contributed by atoms with Crippen molar-refractivity contribution >= 4 is 28.1 Å². The summed E-state index contributed by atoms with van der Waals surface area (Å²) in [5.41, 5.74) is 4.77. The van der Waals surface area contributed by atoms with Gasteiger partial charge in [-0.2, -0.15) is 0 Å². The van der Waals surface area contributed by atoms with Crippen LogP contribution < -0.4 is 11.1 Å². The molecule has 4 N–H and O–H groups in total. The molecular weight excluding hydrogens is 460 g/mol. The van der Waals surface area contributed by atoms with E-state index in [1.807, 2.05) is 12.1 Å². The molecule has 0 bridgehead atoms. The Kier molecular flexibility index (Phi) is 6.97. The van der Waals surface area contributed by atoms with Gasteiger partial charge in [0.2, 0.25) is 0 Å². The lowest BCUT2D eigenvalue weighted by molar-refractivity contribution is 0.0438. The van der Waals surface area contributed by atoms with Crippen LogP contribution in [0.4, 0.5) is 19.6 Å². The molecule has 3 aromatic rings. The molecule has 0 spiro atoms. The van der Waals surface area contributed by atoms with Crippen molar-refractivity contribution in [1.82, 2.24) is 4.98 Å². The number of aromatic nitrogens is 1. The Morgan fingerprint density at radius 3 is 2.53 bits per heavy atom. The van der Waals surface area contributed by atoms with E-state index in [1.165, 1.54) is 32.8 Å². The molecule has 2 heterocycles. The topological polar surface area (TPSA) is 97.5 Å². The SMILES string of the molecule is CC(C)(O)c1cc(F)c(-c2cc(C(N)=O)c(Nc3cccc(COC4CCCC4)n3)s2)c(F)c1. The van der Waals surface area contributed by atoms with Crippen LogP contribution in [0.1, 0.15) is 61.1 Å². The lowest BCUT2D eigenvalue weighted by atomic mass is 9.96. The average Bonchev–Trinajstić information content (AvgIpc) is 3.42. The van der Waals surface area contributed by atoms with Crippen LogP contribution >= 0.6 is 11.3 Å². The number of thiophene rings is 1. The van der Waals surface area contributed by atoms with Crippen LogP contribution in [0.25, 0.3) is 10.4 Å². The Bertz CT molecular complexity index is 1180. The molecule has 180 valence electrons. The van der Waals surface area contributed by atoms with Crippen LogP contribution in [0.15, 0.2) is 36.4 Å². The highest BCUT2D eigenvalue weighted by Crippen LogP contribution is 2.40. The molecule has 9 heteroatoms.